The first-order valence-electron chi connectivity index (χ1n) is 40.2. The highest BCUT2D eigenvalue weighted by atomic mass is 19.4. The van der Waals surface area contributed by atoms with Gasteiger partial charge in [-0.3, -0.25) is 91.1 Å². The fourth-order valence-corrected chi connectivity index (χ4v) is 12.1. The van der Waals surface area contributed by atoms with E-state index in [1.165, 1.54) is 40.7 Å². The van der Waals surface area contributed by atoms with Crippen LogP contribution < -0.4 is 80.2 Å². The summed E-state index contributed by atoms with van der Waals surface area (Å²) in [5, 5.41) is 28.2. The molecule has 0 aromatic heterocycles. The van der Waals surface area contributed by atoms with Crippen LogP contribution in [0.3, 0.4) is 0 Å². The molecule has 0 aromatic carbocycles. The lowest BCUT2D eigenvalue weighted by Crippen LogP contribution is -2.52. The van der Waals surface area contributed by atoms with Gasteiger partial charge in [-0.2, -0.15) is 92.2 Å². The highest BCUT2D eigenvalue weighted by molar-refractivity contribution is 5.88. The van der Waals surface area contributed by atoms with Gasteiger partial charge >= 0.3 is 78.7 Å². The van der Waals surface area contributed by atoms with E-state index in [2.05, 4.69) is 47.9 Å². The monoisotopic (exact) mass is 1920 g/mol. The van der Waals surface area contributed by atoms with Crippen molar-refractivity contribution in [1.29, 1.82) is 0 Å². The van der Waals surface area contributed by atoms with Crippen LogP contribution in [0.1, 0.15) is 205 Å². The first kappa shape index (κ1) is 119. The van der Waals surface area contributed by atoms with Crippen molar-refractivity contribution in [3.8, 4) is 0 Å². The third-order valence-electron chi connectivity index (χ3n) is 19.5. The van der Waals surface area contributed by atoms with Crippen LogP contribution in [0.4, 0.5) is 92.2 Å². The molecule has 0 rings (SSSR count). The Morgan fingerprint density at radius 3 is 0.731 bits per heavy atom. The van der Waals surface area contributed by atoms with Crippen molar-refractivity contribution in [3.63, 3.8) is 0 Å². The molecule has 0 spiro atoms. The standard InChI is InChI=1S/C74H106F21N15O20/c1-97-49(115)15-27-66(28-16-50(116)98-2,31-19-53(119)103-41-44-108-63(129)74(93,94)95)110-57(123)14-24-64(96,23-13-56(122)109-65(26-11-45(111)7-3-37-104-59(125)70(81,82)83,29-17-51(117)101-39-42-106-61(127)72(87,88)89)30-18-52(118)102-40-43-107-62(128)73(90,91)92)25-22-58(124)130-67(32-12-46(112)8-4-38-105-60(126)71(84,85)86,33-20-54(120)99-35-5-9-47(113)68(75,76)77)34-21-55(121)100-36-6-10-48(114)69(78,79)80/h3-44,96H2,1-2H3,(H,97,115)(H,98,116)(H,99,120)(H,100,121)(H,101,117)(H,102,118)(H,103,119)(H,104,125)(H,105,126)(H,106,127)(H,107,128)(H,108,129)(H,109,122)(H,110,123). The molecule has 1 unspecified atom stereocenters. The second-order valence-electron chi connectivity index (χ2n) is 29.9. The summed E-state index contributed by atoms with van der Waals surface area (Å²) in [6.45, 7) is -7.45. The Labute approximate surface area is 728 Å². The lowest BCUT2D eigenvalue weighted by Gasteiger charge is -2.37. The minimum absolute atomic E-state index is 0.427. The Kier molecular flexibility index (Phi) is 52.0. The highest BCUT2D eigenvalue weighted by Crippen LogP contribution is 2.35. The van der Waals surface area contributed by atoms with Crippen LogP contribution in [0.25, 0.3) is 0 Å². The minimum Gasteiger partial charge on any atom is -0.459 e. The molecule has 0 aliphatic rings. The second-order valence-corrected chi connectivity index (χ2v) is 29.9. The fourth-order valence-electron chi connectivity index (χ4n) is 12.1. The molecule has 56 heteroatoms. The summed E-state index contributed by atoms with van der Waals surface area (Å²) in [4.78, 5) is 245. The number of carbonyl (C=O) groups is 19. The van der Waals surface area contributed by atoms with E-state index in [9.17, 15) is 183 Å². The van der Waals surface area contributed by atoms with E-state index >= 15 is 0 Å². The van der Waals surface area contributed by atoms with Crippen LogP contribution in [0.15, 0.2) is 0 Å². The summed E-state index contributed by atoms with van der Waals surface area (Å²) in [5.74, 6) is -28.8. The number of hydrogen-bond acceptors (Lipinski definition) is 21. The van der Waals surface area contributed by atoms with E-state index in [0.29, 0.717) is 0 Å². The zero-order valence-electron chi connectivity index (χ0n) is 70.4. The zero-order chi connectivity index (χ0) is 99.8. The van der Waals surface area contributed by atoms with Gasteiger partial charge in [0, 0.05) is 199 Å². The Balaban J connectivity index is 8.80. The van der Waals surface area contributed by atoms with E-state index < -0.39 is 448 Å². The van der Waals surface area contributed by atoms with Crippen LogP contribution >= 0.6 is 0 Å². The topological polar surface area (TPSA) is 528 Å². The number of nitrogens with two attached hydrogens (primary N) is 1. The number of hydrogen-bond donors (Lipinski definition) is 15. The maximum absolute atomic E-state index is 14.9. The zero-order valence-corrected chi connectivity index (χ0v) is 70.4. The molecule has 0 radical (unpaired) electrons. The van der Waals surface area contributed by atoms with E-state index in [4.69, 9.17) is 10.5 Å². The minimum atomic E-state index is -5.41. The number of ketones is 4. The normalized spacial score (nSPS) is 12.7. The van der Waals surface area contributed by atoms with Gasteiger partial charge < -0.3 is 84.9 Å². The molecular formula is C74H106F21N15O20. The fraction of sp³-hybridized carbons (Fsp3) is 0.743. The predicted molar refractivity (Wildman–Crippen MR) is 406 cm³/mol. The third kappa shape index (κ3) is 54.0. The third-order valence-corrected chi connectivity index (χ3v) is 19.5. The van der Waals surface area contributed by atoms with Crippen LogP contribution in [0, 0.1) is 0 Å². The van der Waals surface area contributed by atoms with Crippen molar-refractivity contribution in [2.24, 2.45) is 5.73 Å². The van der Waals surface area contributed by atoms with Gasteiger partial charge in [0.15, 0.2) is 0 Å². The maximum Gasteiger partial charge on any atom is 0.471 e. The summed E-state index contributed by atoms with van der Waals surface area (Å²) in [6, 6.07) is 0. The number of ether oxygens (including phenoxy) is 1. The Morgan fingerprint density at radius 2 is 0.446 bits per heavy atom. The number of esters is 1. The number of Topliss-reactive ketones (excluding diaryl/α,β-unsaturated/α-hetero) is 4. The van der Waals surface area contributed by atoms with Gasteiger partial charge in [0.25, 0.3) is 0 Å². The van der Waals surface area contributed by atoms with Crippen molar-refractivity contribution in [3.05, 3.63) is 0 Å². The maximum atomic E-state index is 14.9. The molecule has 0 saturated carbocycles. The Morgan fingerprint density at radius 1 is 0.231 bits per heavy atom. The number of alkyl halides is 21. The van der Waals surface area contributed by atoms with Crippen LogP contribution in [0.5, 0.6) is 0 Å². The molecule has 744 valence electrons. The summed E-state index contributed by atoms with van der Waals surface area (Å²) in [5.41, 5.74) is -1.44. The van der Waals surface area contributed by atoms with Gasteiger partial charge in [0.05, 0.1) is 0 Å². The largest absolute Gasteiger partial charge is 0.471 e. The van der Waals surface area contributed by atoms with Crippen molar-refractivity contribution in [2.75, 3.05) is 79.5 Å². The highest BCUT2D eigenvalue weighted by Gasteiger charge is 2.46. The average molecular weight is 1920 g/mol. The van der Waals surface area contributed by atoms with Crippen LogP contribution in [0.2, 0.25) is 0 Å². The van der Waals surface area contributed by atoms with E-state index in [1.807, 2.05) is 0 Å². The number of carbonyl (C=O) groups excluding carboxylic acids is 19. The van der Waals surface area contributed by atoms with Gasteiger partial charge in [0.2, 0.25) is 64.7 Å². The molecule has 0 bridgehead atoms. The number of nitrogens with one attached hydrogen (secondary N) is 14. The van der Waals surface area contributed by atoms with Gasteiger partial charge in [-0.1, -0.05) is 0 Å². The van der Waals surface area contributed by atoms with E-state index in [-0.39, 0.29) is 0 Å². The van der Waals surface area contributed by atoms with Gasteiger partial charge in [-0.25, -0.2) is 0 Å². The average Bonchev–Trinajstić information content (AvgIpc) is 0.840. The molecule has 0 aromatic rings. The molecule has 0 fully saturated rings. The van der Waals surface area contributed by atoms with E-state index in [1.54, 1.807) is 0 Å². The van der Waals surface area contributed by atoms with Gasteiger partial charge in [-0.15, -0.1) is 0 Å². The molecule has 1 atom stereocenters. The van der Waals surface area contributed by atoms with Crippen molar-refractivity contribution in [2.45, 2.75) is 271 Å². The SMILES string of the molecule is CNC(=O)CCC(CCC(=O)NC)(CCC(=O)NCCNC(=O)C(F)(F)F)NC(=O)CCC(N)(CCC(=O)NC(CCC(=O)CCCNC(=O)C(F)(F)F)(CCC(=O)NCCNC(=O)C(F)(F)F)CCC(=O)NCCNC(=O)C(F)(F)F)CCC(=O)OC(CCC(=O)CCCNC(=O)C(F)(F)F)(CCC(=O)NCCCC(=O)C(F)(F)F)CCC(=O)NCCCC(=O)C(F)(F)F. The quantitative estimate of drug-likeness (QED) is 0.0232. The number of amides is 14. The van der Waals surface area contributed by atoms with Crippen LogP contribution in [-0.2, 0) is 95.8 Å². The van der Waals surface area contributed by atoms with Gasteiger partial charge in [-0.05, 0) is 103 Å². The molecule has 130 heavy (non-hydrogen) atoms. The van der Waals surface area contributed by atoms with Crippen molar-refractivity contribution >= 4 is 112 Å². The second kappa shape index (κ2) is 56.7. The van der Waals surface area contributed by atoms with Gasteiger partial charge in [0.1, 0.15) is 17.2 Å². The molecule has 0 aliphatic carbocycles. The first-order chi connectivity index (χ1) is 59.9. The molecule has 0 heterocycles. The Hall–Kier alpha value is -10.8. The molecule has 35 nitrogen and oxygen atoms in total. The number of rotatable bonds is 64. The molecular weight excluding hydrogens is 1820 g/mol. The lowest BCUT2D eigenvalue weighted by molar-refractivity contribution is -0.173. The molecule has 0 saturated heterocycles. The molecule has 16 N–H and O–H groups in total. The smallest absolute Gasteiger partial charge is 0.459 e. The lowest BCUT2D eigenvalue weighted by atomic mass is 9.81. The summed E-state index contributed by atoms with van der Waals surface area (Å²) in [7, 11) is 2.38. The summed E-state index contributed by atoms with van der Waals surface area (Å²) >= 11 is 0. The molecule has 0 aliphatic heterocycles. The first-order valence-corrected chi connectivity index (χ1v) is 40.2. The molecule has 14 amide bonds. The summed E-state index contributed by atoms with van der Waals surface area (Å²) < 4.78 is 279. The predicted octanol–water partition coefficient (Wildman–Crippen LogP) is 4.03. The Bertz CT molecular complexity index is 3370. The number of halogens is 21. The van der Waals surface area contributed by atoms with E-state index in [0.717, 1.165) is 0 Å². The van der Waals surface area contributed by atoms with Crippen molar-refractivity contribution in [1.82, 2.24) is 74.4 Å². The van der Waals surface area contributed by atoms with Crippen LogP contribution in [-0.4, -0.2) is 257 Å². The summed E-state index contributed by atoms with van der Waals surface area (Å²) in [6.07, 6.45) is -61.4. The van der Waals surface area contributed by atoms with Crippen molar-refractivity contribution < 1.29 is 188 Å².